The Hall–Kier alpha value is -1.75. The Balaban J connectivity index is 2.64. The maximum absolute atomic E-state index is 12.0. The first-order valence-corrected chi connectivity index (χ1v) is 6.26. The summed E-state index contributed by atoms with van der Waals surface area (Å²) in [7, 11) is 3.07. The maximum Gasteiger partial charge on any atom is 0.255 e. The zero-order valence-electron chi connectivity index (χ0n) is 11.6. The number of aliphatic hydroxyl groups excluding tert-OH is 1. The van der Waals surface area contributed by atoms with Crippen molar-refractivity contribution in [3.05, 3.63) is 23.8 Å². The molecule has 0 fully saturated rings. The number of amides is 1. The average molecular weight is 267 g/mol. The first-order chi connectivity index (χ1) is 9.08. The molecule has 0 aliphatic heterocycles. The van der Waals surface area contributed by atoms with Crippen LogP contribution in [0.3, 0.4) is 0 Å². The highest BCUT2D eigenvalue weighted by atomic mass is 16.5. The minimum atomic E-state index is -0.344. The van der Waals surface area contributed by atoms with Gasteiger partial charge in [-0.2, -0.15) is 0 Å². The van der Waals surface area contributed by atoms with Crippen molar-refractivity contribution in [2.24, 2.45) is 0 Å². The first kappa shape index (κ1) is 15.3. The number of carbonyl (C=O) groups is 1. The third kappa shape index (κ3) is 4.79. The topological polar surface area (TPSA) is 67.8 Å². The normalized spacial score (nSPS) is 11.8. The minimum absolute atomic E-state index is 0.207. The van der Waals surface area contributed by atoms with E-state index in [-0.39, 0.29) is 12.0 Å². The molecular formula is C14H21NO4. The number of benzene rings is 1. The molecule has 0 bridgehead atoms. The Morgan fingerprint density at radius 1 is 1.37 bits per heavy atom. The zero-order valence-corrected chi connectivity index (χ0v) is 11.6. The standard InChI is InChI=1S/C14H21NO4/c1-10(16)5-4-8-15-14(17)12-9-11(18-2)6-7-13(12)19-3/h6-7,9-10,16H,4-5,8H2,1-3H3,(H,15,17). The Morgan fingerprint density at radius 3 is 2.68 bits per heavy atom. The molecule has 106 valence electrons. The van der Waals surface area contributed by atoms with Gasteiger partial charge < -0.3 is 19.9 Å². The predicted octanol–water partition coefficient (Wildman–Crippen LogP) is 1.59. The van der Waals surface area contributed by atoms with Crippen molar-refractivity contribution < 1.29 is 19.4 Å². The third-order valence-corrected chi connectivity index (χ3v) is 2.74. The molecule has 0 spiro atoms. The van der Waals surface area contributed by atoms with Gasteiger partial charge in [0.05, 0.1) is 25.9 Å². The summed E-state index contributed by atoms with van der Waals surface area (Å²) in [4.78, 5) is 12.0. The van der Waals surface area contributed by atoms with Gasteiger partial charge in [0.25, 0.3) is 5.91 Å². The van der Waals surface area contributed by atoms with Gasteiger partial charge in [-0.25, -0.2) is 0 Å². The summed E-state index contributed by atoms with van der Waals surface area (Å²) >= 11 is 0. The van der Waals surface area contributed by atoms with Crippen LogP contribution in [0.15, 0.2) is 18.2 Å². The van der Waals surface area contributed by atoms with Crippen LogP contribution in [-0.4, -0.2) is 37.9 Å². The van der Waals surface area contributed by atoms with Crippen LogP contribution in [0.4, 0.5) is 0 Å². The second kappa shape index (κ2) is 7.63. The van der Waals surface area contributed by atoms with Crippen LogP contribution in [0.5, 0.6) is 11.5 Å². The Kier molecular flexibility index (Phi) is 6.15. The van der Waals surface area contributed by atoms with Crippen LogP contribution >= 0.6 is 0 Å². The average Bonchev–Trinajstić information content (AvgIpc) is 2.42. The van der Waals surface area contributed by atoms with Crippen LogP contribution < -0.4 is 14.8 Å². The molecule has 1 amide bonds. The second-order valence-corrected chi connectivity index (χ2v) is 4.31. The number of hydrogen-bond acceptors (Lipinski definition) is 4. The van der Waals surface area contributed by atoms with E-state index in [9.17, 15) is 4.79 Å². The summed E-state index contributed by atoms with van der Waals surface area (Å²) in [5, 5.41) is 11.9. The van der Waals surface area contributed by atoms with Gasteiger partial charge in [-0.3, -0.25) is 4.79 Å². The highest BCUT2D eigenvalue weighted by Crippen LogP contribution is 2.23. The van der Waals surface area contributed by atoms with E-state index in [2.05, 4.69) is 5.32 Å². The fourth-order valence-electron chi connectivity index (χ4n) is 1.69. The number of nitrogens with one attached hydrogen (secondary N) is 1. The molecule has 2 N–H and O–H groups in total. The molecule has 0 aliphatic rings. The molecule has 0 aliphatic carbocycles. The largest absolute Gasteiger partial charge is 0.497 e. The SMILES string of the molecule is COc1ccc(OC)c(C(=O)NCCCC(C)O)c1. The lowest BCUT2D eigenvalue weighted by Crippen LogP contribution is -2.25. The molecule has 5 nitrogen and oxygen atoms in total. The van der Waals surface area contributed by atoms with Gasteiger partial charge in [-0.15, -0.1) is 0 Å². The highest BCUT2D eigenvalue weighted by molar-refractivity contribution is 5.97. The van der Waals surface area contributed by atoms with Crippen LogP contribution in [0.2, 0.25) is 0 Å². The van der Waals surface area contributed by atoms with Gasteiger partial charge in [0.15, 0.2) is 0 Å². The highest BCUT2D eigenvalue weighted by Gasteiger charge is 2.13. The smallest absolute Gasteiger partial charge is 0.255 e. The van der Waals surface area contributed by atoms with E-state index in [1.807, 2.05) is 0 Å². The Morgan fingerprint density at radius 2 is 2.11 bits per heavy atom. The van der Waals surface area contributed by atoms with Crippen molar-refractivity contribution in [1.82, 2.24) is 5.32 Å². The van der Waals surface area contributed by atoms with E-state index in [0.29, 0.717) is 30.0 Å². The molecule has 1 aromatic rings. The number of ether oxygens (including phenoxy) is 2. The molecule has 1 rings (SSSR count). The zero-order chi connectivity index (χ0) is 14.3. The van der Waals surface area contributed by atoms with Crippen LogP contribution in [0.1, 0.15) is 30.1 Å². The Labute approximate surface area is 113 Å². The van der Waals surface area contributed by atoms with E-state index in [1.54, 1.807) is 32.2 Å². The van der Waals surface area contributed by atoms with Crippen molar-refractivity contribution in [2.75, 3.05) is 20.8 Å². The van der Waals surface area contributed by atoms with Crippen molar-refractivity contribution in [3.63, 3.8) is 0 Å². The summed E-state index contributed by atoms with van der Waals surface area (Å²) < 4.78 is 10.2. The molecule has 1 atom stereocenters. The molecule has 0 saturated heterocycles. The van der Waals surface area contributed by atoms with Crippen molar-refractivity contribution in [1.29, 1.82) is 0 Å². The maximum atomic E-state index is 12.0. The van der Waals surface area contributed by atoms with E-state index in [1.165, 1.54) is 7.11 Å². The number of carbonyl (C=O) groups excluding carboxylic acids is 1. The lowest BCUT2D eigenvalue weighted by Gasteiger charge is -2.11. The van der Waals surface area contributed by atoms with Gasteiger partial charge in [0.2, 0.25) is 0 Å². The molecule has 0 heterocycles. The van der Waals surface area contributed by atoms with E-state index in [4.69, 9.17) is 14.6 Å². The minimum Gasteiger partial charge on any atom is -0.497 e. The van der Waals surface area contributed by atoms with E-state index in [0.717, 1.165) is 6.42 Å². The number of aliphatic hydroxyl groups is 1. The molecule has 1 aromatic carbocycles. The molecule has 19 heavy (non-hydrogen) atoms. The van der Waals surface area contributed by atoms with E-state index >= 15 is 0 Å². The van der Waals surface area contributed by atoms with Gasteiger partial charge in [-0.05, 0) is 38.0 Å². The fourth-order valence-corrected chi connectivity index (χ4v) is 1.69. The van der Waals surface area contributed by atoms with Crippen LogP contribution in [0, 0.1) is 0 Å². The quantitative estimate of drug-likeness (QED) is 0.736. The number of methoxy groups -OCH3 is 2. The van der Waals surface area contributed by atoms with Crippen LogP contribution in [0.25, 0.3) is 0 Å². The van der Waals surface area contributed by atoms with Gasteiger partial charge in [-0.1, -0.05) is 0 Å². The summed E-state index contributed by atoms with van der Waals surface area (Å²) in [5.41, 5.74) is 0.443. The van der Waals surface area contributed by atoms with Gasteiger partial charge in [0.1, 0.15) is 11.5 Å². The Bertz CT molecular complexity index is 418. The van der Waals surface area contributed by atoms with Crippen LogP contribution in [-0.2, 0) is 0 Å². The van der Waals surface area contributed by atoms with Gasteiger partial charge >= 0.3 is 0 Å². The molecule has 5 heteroatoms. The second-order valence-electron chi connectivity index (χ2n) is 4.31. The summed E-state index contributed by atoms with van der Waals surface area (Å²) in [6, 6.07) is 5.08. The van der Waals surface area contributed by atoms with Gasteiger partial charge in [0, 0.05) is 6.54 Å². The summed E-state index contributed by atoms with van der Waals surface area (Å²) in [6.07, 6.45) is 1.05. The molecule has 0 aromatic heterocycles. The lowest BCUT2D eigenvalue weighted by atomic mass is 10.1. The summed E-state index contributed by atoms with van der Waals surface area (Å²) in [5.74, 6) is 0.907. The van der Waals surface area contributed by atoms with Crippen molar-refractivity contribution in [3.8, 4) is 11.5 Å². The number of rotatable bonds is 7. The monoisotopic (exact) mass is 267 g/mol. The van der Waals surface area contributed by atoms with E-state index < -0.39 is 0 Å². The molecule has 0 saturated carbocycles. The molecule has 1 unspecified atom stereocenters. The predicted molar refractivity (Wildman–Crippen MR) is 72.8 cm³/mol. The fraction of sp³-hybridized carbons (Fsp3) is 0.500. The summed E-state index contributed by atoms with van der Waals surface area (Å²) in [6.45, 7) is 2.25. The third-order valence-electron chi connectivity index (χ3n) is 2.74. The van der Waals surface area contributed by atoms with Crippen molar-refractivity contribution in [2.45, 2.75) is 25.9 Å². The van der Waals surface area contributed by atoms with Crippen molar-refractivity contribution >= 4 is 5.91 Å². The number of hydrogen-bond donors (Lipinski definition) is 2. The molecule has 0 radical (unpaired) electrons. The first-order valence-electron chi connectivity index (χ1n) is 6.26. The molecular weight excluding hydrogens is 246 g/mol. The lowest BCUT2D eigenvalue weighted by molar-refractivity contribution is 0.0946.